The molecule has 0 bridgehead atoms. The topological polar surface area (TPSA) is 53.1 Å². The number of methoxy groups -OCH3 is 1. The zero-order valence-corrected chi connectivity index (χ0v) is 17.3. The van der Waals surface area contributed by atoms with E-state index >= 15 is 0 Å². The maximum Gasteiger partial charge on any atom is 0.325 e. The summed E-state index contributed by atoms with van der Waals surface area (Å²) in [4.78, 5) is 30.5. The van der Waals surface area contributed by atoms with Gasteiger partial charge in [0.05, 0.1) is 13.2 Å². The predicted octanol–water partition coefficient (Wildman–Crippen LogP) is 3.33. The Balaban J connectivity index is 1.45. The number of rotatable bonds is 3. The van der Waals surface area contributed by atoms with Crippen LogP contribution in [0.4, 0.5) is 16.2 Å². The van der Waals surface area contributed by atoms with Crippen molar-refractivity contribution in [1.82, 2.24) is 4.90 Å². The van der Waals surface area contributed by atoms with E-state index in [2.05, 4.69) is 20.8 Å². The number of nitrogens with zero attached hydrogens (tertiary/aromatic N) is 3. The highest BCUT2D eigenvalue weighted by molar-refractivity contribution is 9.10. The molecule has 4 rings (SSSR count). The number of urea groups is 1. The van der Waals surface area contributed by atoms with Crippen molar-refractivity contribution in [3.8, 4) is 5.75 Å². The molecule has 6 nitrogen and oxygen atoms in total. The summed E-state index contributed by atoms with van der Waals surface area (Å²) >= 11 is 3.46. The number of aldehydes is 1. The van der Waals surface area contributed by atoms with Crippen LogP contribution in [-0.2, 0) is 11.2 Å². The Hall–Kier alpha value is -2.54. The highest BCUT2D eigenvalue weighted by Gasteiger charge is 2.37. The Bertz CT molecular complexity index is 879. The zero-order valence-electron chi connectivity index (χ0n) is 15.7. The van der Waals surface area contributed by atoms with E-state index in [4.69, 9.17) is 4.74 Å². The molecule has 0 aromatic heterocycles. The molecule has 0 spiro atoms. The number of anilines is 2. The third-order valence-corrected chi connectivity index (χ3v) is 5.91. The van der Waals surface area contributed by atoms with Gasteiger partial charge in [0.25, 0.3) is 0 Å². The maximum atomic E-state index is 13.2. The number of benzene rings is 2. The van der Waals surface area contributed by atoms with E-state index in [0.717, 1.165) is 46.5 Å². The molecule has 1 saturated heterocycles. The molecular formula is C21H22BrN3O3. The molecule has 2 aromatic rings. The van der Waals surface area contributed by atoms with Crippen molar-refractivity contribution in [1.29, 1.82) is 0 Å². The van der Waals surface area contributed by atoms with Gasteiger partial charge >= 0.3 is 6.03 Å². The lowest BCUT2D eigenvalue weighted by Crippen LogP contribution is -2.54. The van der Waals surface area contributed by atoms with E-state index in [1.807, 2.05) is 47.4 Å². The average molecular weight is 444 g/mol. The molecule has 2 heterocycles. The standard InChI is InChI=1S/C21H22BrN3O3/c1-28-19-5-3-17(4-6-19)23-8-10-24(11-9-23)21(27)25-18(14-26)13-15-12-16(22)2-7-20(15)25/h2-7,12,14,18H,8-11,13H2,1H3. The second-order valence-electron chi connectivity index (χ2n) is 7.01. The summed E-state index contributed by atoms with van der Waals surface area (Å²) in [6.45, 7) is 2.76. The average Bonchev–Trinajstić information content (AvgIpc) is 3.11. The van der Waals surface area contributed by atoms with Crippen LogP contribution in [-0.4, -0.2) is 56.5 Å². The molecular weight excluding hydrogens is 422 g/mol. The van der Waals surface area contributed by atoms with Gasteiger partial charge in [0, 0.05) is 48.4 Å². The van der Waals surface area contributed by atoms with Crippen LogP contribution in [0.1, 0.15) is 5.56 Å². The van der Waals surface area contributed by atoms with Crippen LogP contribution in [0, 0.1) is 0 Å². The summed E-state index contributed by atoms with van der Waals surface area (Å²) in [6.07, 6.45) is 1.44. The van der Waals surface area contributed by atoms with E-state index in [-0.39, 0.29) is 6.03 Å². The predicted molar refractivity (Wildman–Crippen MR) is 112 cm³/mol. The van der Waals surface area contributed by atoms with Gasteiger partial charge in [0.1, 0.15) is 12.0 Å². The third kappa shape index (κ3) is 3.46. The van der Waals surface area contributed by atoms with Gasteiger partial charge in [-0.1, -0.05) is 15.9 Å². The first-order chi connectivity index (χ1) is 13.6. The summed E-state index contributed by atoms with van der Waals surface area (Å²) in [5, 5.41) is 0. The quantitative estimate of drug-likeness (QED) is 0.682. The molecule has 2 aromatic carbocycles. The Kier molecular flexibility index (Phi) is 5.26. The second-order valence-corrected chi connectivity index (χ2v) is 7.92. The molecule has 1 unspecified atom stereocenters. The summed E-state index contributed by atoms with van der Waals surface area (Å²) in [5.74, 6) is 0.830. The van der Waals surface area contributed by atoms with Crippen molar-refractivity contribution >= 4 is 39.6 Å². The van der Waals surface area contributed by atoms with E-state index < -0.39 is 6.04 Å². The first-order valence-corrected chi connectivity index (χ1v) is 10.1. The lowest BCUT2D eigenvalue weighted by molar-refractivity contribution is -0.108. The molecule has 7 heteroatoms. The fraction of sp³-hybridized carbons (Fsp3) is 0.333. The monoisotopic (exact) mass is 443 g/mol. The first kappa shape index (κ1) is 18.8. The van der Waals surface area contributed by atoms with Gasteiger partial charge < -0.3 is 19.3 Å². The minimum Gasteiger partial charge on any atom is -0.497 e. The van der Waals surface area contributed by atoms with Gasteiger partial charge in [-0.05, 0) is 48.0 Å². The number of amides is 2. The minimum absolute atomic E-state index is 0.0902. The number of carbonyl (C=O) groups excluding carboxylic acids is 2. The lowest BCUT2D eigenvalue weighted by Gasteiger charge is -2.38. The van der Waals surface area contributed by atoms with Crippen molar-refractivity contribution in [3.05, 3.63) is 52.5 Å². The molecule has 146 valence electrons. The van der Waals surface area contributed by atoms with Crippen LogP contribution in [0.3, 0.4) is 0 Å². The van der Waals surface area contributed by atoms with Crippen molar-refractivity contribution in [2.24, 2.45) is 0 Å². The molecule has 0 radical (unpaired) electrons. The van der Waals surface area contributed by atoms with Crippen LogP contribution in [0.2, 0.25) is 0 Å². The van der Waals surface area contributed by atoms with Gasteiger partial charge in [-0.3, -0.25) is 4.90 Å². The summed E-state index contributed by atoms with van der Waals surface area (Å²) in [6, 6.07) is 13.2. The van der Waals surface area contributed by atoms with E-state index in [0.29, 0.717) is 19.5 Å². The van der Waals surface area contributed by atoms with Crippen LogP contribution in [0.5, 0.6) is 5.75 Å². The van der Waals surface area contributed by atoms with Crippen LogP contribution in [0.25, 0.3) is 0 Å². The largest absolute Gasteiger partial charge is 0.497 e. The number of fused-ring (bicyclic) bond motifs is 1. The molecule has 0 saturated carbocycles. The van der Waals surface area contributed by atoms with Crippen molar-refractivity contribution < 1.29 is 14.3 Å². The number of halogens is 1. The van der Waals surface area contributed by atoms with Crippen LogP contribution < -0.4 is 14.5 Å². The van der Waals surface area contributed by atoms with Gasteiger partial charge in [-0.2, -0.15) is 0 Å². The van der Waals surface area contributed by atoms with Crippen molar-refractivity contribution in [2.45, 2.75) is 12.5 Å². The Labute approximate surface area is 172 Å². The van der Waals surface area contributed by atoms with Gasteiger partial charge in [0.2, 0.25) is 0 Å². The van der Waals surface area contributed by atoms with Gasteiger partial charge in [-0.15, -0.1) is 0 Å². The smallest absolute Gasteiger partial charge is 0.325 e. The summed E-state index contributed by atoms with van der Waals surface area (Å²) < 4.78 is 6.17. The fourth-order valence-electron chi connectivity index (χ4n) is 3.90. The number of piperazine rings is 1. The van der Waals surface area contributed by atoms with Gasteiger partial charge in [-0.25, -0.2) is 4.79 Å². The zero-order chi connectivity index (χ0) is 19.7. The molecule has 2 aliphatic heterocycles. The van der Waals surface area contributed by atoms with E-state index in [1.165, 1.54) is 0 Å². The highest BCUT2D eigenvalue weighted by Crippen LogP contribution is 2.34. The molecule has 2 aliphatic rings. The van der Waals surface area contributed by atoms with Crippen molar-refractivity contribution in [3.63, 3.8) is 0 Å². The molecule has 1 fully saturated rings. The molecule has 0 N–H and O–H groups in total. The normalized spacial score (nSPS) is 18.8. The summed E-state index contributed by atoms with van der Waals surface area (Å²) in [5.41, 5.74) is 2.98. The summed E-state index contributed by atoms with van der Waals surface area (Å²) in [7, 11) is 1.65. The Morgan fingerprint density at radius 1 is 1.11 bits per heavy atom. The number of hydrogen-bond donors (Lipinski definition) is 0. The number of carbonyl (C=O) groups is 2. The third-order valence-electron chi connectivity index (χ3n) is 5.41. The Morgan fingerprint density at radius 3 is 2.46 bits per heavy atom. The van der Waals surface area contributed by atoms with E-state index in [1.54, 1.807) is 12.0 Å². The first-order valence-electron chi connectivity index (χ1n) is 9.31. The number of ether oxygens (including phenoxy) is 1. The molecule has 2 amide bonds. The van der Waals surface area contributed by atoms with Crippen LogP contribution >= 0.6 is 15.9 Å². The molecule has 28 heavy (non-hydrogen) atoms. The highest BCUT2D eigenvalue weighted by atomic mass is 79.9. The second kappa shape index (κ2) is 7.83. The molecule has 1 atom stereocenters. The van der Waals surface area contributed by atoms with Gasteiger partial charge in [0.15, 0.2) is 0 Å². The Morgan fingerprint density at radius 2 is 1.82 bits per heavy atom. The SMILES string of the molecule is COc1ccc(N2CCN(C(=O)N3c4ccc(Br)cc4CC3C=O)CC2)cc1. The van der Waals surface area contributed by atoms with Crippen LogP contribution in [0.15, 0.2) is 46.9 Å². The fourth-order valence-corrected chi connectivity index (χ4v) is 4.31. The lowest BCUT2D eigenvalue weighted by atomic mass is 10.1. The number of hydrogen-bond acceptors (Lipinski definition) is 4. The van der Waals surface area contributed by atoms with E-state index in [9.17, 15) is 9.59 Å². The minimum atomic E-state index is -0.434. The van der Waals surface area contributed by atoms with Crippen molar-refractivity contribution in [2.75, 3.05) is 43.1 Å². The maximum absolute atomic E-state index is 13.2. The molecule has 0 aliphatic carbocycles.